The molecule has 1 aromatic heterocycles. The number of rotatable bonds is 4. The molecule has 8 heteroatoms. The fraction of sp³-hybridized carbons (Fsp3) is 0. The van der Waals surface area contributed by atoms with Gasteiger partial charge in [0.15, 0.2) is 5.76 Å². The second-order valence-electron chi connectivity index (χ2n) is 5.81. The van der Waals surface area contributed by atoms with Gasteiger partial charge in [-0.05, 0) is 48.0 Å². The zero-order chi connectivity index (χ0) is 19.7. The number of carbonyl (C=O) groups is 2. The summed E-state index contributed by atoms with van der Waals surface area (Å²) < 4.78 is 15.8. The molecule has 0 amide bonds. The fourth-order valence-corrected chi connectivity index (χ4v) is 2.63. The maximum absolute atomic E-state index is 12.5. The van der Waals surface area contributed by atoms with E-state index < -0.39 is 10.9 Å². The number of furan rings is 1. The molecule has 28 heavy (non-hydrogen) atoms. The number of ketones is 1. The summed E-state index contributed by atoms with van der Waals surface area (Å²) in [5.74, 6) is -0.435. The molecule has 0 bridgehead atoms. The van der Waals surface area contributed by atoms with Crippen molar-refractivity contribution in [2.75, 3.05) is 0 Å². The third kappa shape index (κ3) is 3.26. The van der Waals surface area contributed by atoms with E-state index in [-0.39, 0.29) is 34.5 Å². The number of esters is 1. The summed E-state index contributed by atoms with van der Waals surface area (Å²) in [5.41, 5.74) is 0.851. The Morgan fingerprint density at radius 3 is 2.57 bits per heavy atom. The lowest BCUT2D eigenvalue weighted by atomic mass is 10.1. The van der Waals surface area contributed by atoms with Gasteiger partial charge in [-0.1, -0.05) is 0 Å². The second-order valence-corrected chi connectivity index (χ2v) is 5.81. The van der Waals surface area contributed by atoms with Crippen molar-refractivity contribution in [3.63, 3.8) is 0 Å². The third-order valence-electron chi connectivity index (χ3n) is 3.98. The number of non-ortho nitro benzene ring substituents is 1. The molecule has 8 nitrogen and oxygen atoms in total. The Balaban J connectivity index is 1.54. The van der Waals surface area contributed by atoms with Gasteiger partial charge in [0.2, 0.25) is 11.5 Å². The first-order valence-electron chi connectivity index (χ1n) is 8.10. The highest BCUT2D eigenvalue weighted by atomic mass is 16.6. The number of nitro benzene ring substituents is 1. The van der Waals surface area contributed by atoms with Gasteiger partial charge in [0.05, 0.1) is 16.7 Å². The van der Waals surface area contributed by atoms with Crippen LogP contribution in [0.2, 0.25) is 0 Å². The molecule has 0 aliphatic carbocycles. The zero-order valence-corrected chi connectivity index (χ0v) is 14.2. The number of nitro groups is 1. The van der Waals surface area contributed by atoms with Crippen LogP contribution in [0.3, 0.4) is 0 Å². The topological polar surface area (TPSA) is 109 Å². The van der Waals surface area contributed by atoms with Crippen LogP contribution in [0, 0.1) is 10.1 Å². The van der Waals surface area contributed by atoms with E-state index in [0.29, 0.717) is 11.1 Å². The van der Waals surface area contributed by atoms with Gasteiger partial charge in [0.1, 0.15) is 11.5 Å². The number of carbonyl (C=O) groups excluding carboxylic acids is 2. The van der Waals surface area contributed by atoms with Gasteiger partial charge in [-0.25, -0.2) is 4.79 Å². The fourth-order valence-electron chi connectivity index (χ4n) is 2.63. The lowest BCUT2D eigenvalue weighted by Crippen LogP contribution is -2.07. The van der Waals surface area contributed by atoms with Crippen LogP contribution in [0.1, 0.15) is 26.5 Å². The minimum Gasteiger partial charge on any atom is -0.457 e. The standard InChI is InChI=1S/C20H11NO7/c22-19-15-8-7-14(27-20(23)16-2-1-9-26-16)11-17(15)28-18(19)10-12-3-5-13(6-4-12)21(24)25/h1-11H. The quantitative estimate of drug-likeness (QED) is 0.222. The predicted molar refractivity (Wildman–Crippen MR) is 96.1 cm³/mol. The molecule has 1 aliphatic rings. The van der Waals surface area contributed by atoms with Crippen molar-refractivity contribution < 1.29 is 28.4 Å². The maximum atomic E-state index is 12.5. The molecule has 0 saturated heterocycles. The van der Waals surface area contributed by atoms with Crippen LogP contribution in [0.5, 0.6) is 11.5 Å². The summed E-state index contributed by atoms with van der Waals surface area (Å²) in [4.78, 5) is 34.6. The van der Waals surface area contributed by atoms with Gasteiger partial charge < -0.3 is 13.9 Å². The molecule has 0 fully saturated rings. The Bertz CT molecular complexity index is 1110. The van der Waals surface area contributed by atoms with E-state index in [0.717, 1.165) is 0 Å². The van der Waals surface area contributed by atoms with Gasteiger partial charge >= 0.3 is 5.97 Å². The van der Waals surface area contributed by atoms with Crippen molar-refractivity contribution in [1.29, 1.82) is 0 Å². The van der Waals surface area contributed by atoms with Crippen molar-refractivity contribution in [3.05, 3.63) is 93.6 Å². The molecular formula is C20H11NO7. The number of benzene rings is 2. The molecule has 2 heterocycles. The van der Waals surface area contributed by atoms with E-state index in [4.69, 9.17) is 13.9 Å². The molecule has 4 rings (SSSR count). The van der Waals surface area contributed by atoms with Crippen LogP contribution >= 0.6 is 0 Å². The highest BCUT2D eigenvalue weighted by Gasteiger charge is 2.28. The van der Waals surface area contributed by atoms with Crippen molar-refractivity contribution in [2.24, 2.45) is 0 Å². The van der Waals surface area contributed by atoms with E-state index in [1.807, 2.05) is 0 Å². The summed E-state index contributed by atoms with van der Waals surface area (Å²) >= 11 is 0. The molecule has 0 atom stereocenters. The molecule has 1 aliphatic heterocycles. The SMILES string of the molecule is O=C(Oc1ccc2c(c1)OC(=Cc1ccc([N+](=O)[O-])cc1)C2=O)c1ccco1. The number of allylic oxidation sites excluding steroid dienone is 1. The third-order valence-corrected chi connectivity index (χ3v) is 3.98. The zero-order valence-electron chi connectivity index (χ0n) is 14.2. The largest absolute Gasteiger partial charge is 0.457 e. The molecular weight excluding hydrogens is 366 g/mol. The first-order chi connectivity index (χ1) is 13.5. The van der Waals surface area contributed by atoms with E-state index in [1.165, 1.54) is 60.9 Å². The Morgan fingerprint density at radius 2 is 1.89 bits per heavy atom. The molecule has 2 aromatic carbocycles. The van der Waals surface area contributed by atoms with Crippen molar-refractivity contribution in [3.8, 4) is 11.5 Å². The number of ether oxygens (including phenoxy) is 2. The number of hydrogen-bond donors (Lipinski definition) is 0. The summed E-state index contributed by atoms with van der Waals surface area (Å²) in [7, 11) is 0. The summed E-state index contributed by atoms with van der Waals surface area (Å²) in [6.07, 6.45) is 2.84. The number of Topliss-reactive ketones (excluding diaryl/α,β-unsaturated/α-hetero) is 1. The molecule has 138 valence electrons. The van der Waals surface area contributed by atoms with E-state index in [1.54, 1.807) is 6.07 Å². The molecule has 0 unspecified atom stereocenters. The average Bonchev–Trinajstić information content (AvgIpc) is 3.31. The minimum absolute atomic E-state index is 0.0490. The Hall–Kier alpha value is -4.20. The lowest BCUT2D eigenvalue weighted by Gasteiger charge is -2.04. The number of hydrogen-bond acceptors (Lipinski definition) is 7. The van der Waals surface area contributed by atoms with Gasteiger partial charge in [0, 0.05) is 18.2 Å². The Kier molecular flexibility index (Phi) is 4.21. The molecule has 0 N–H and O–H groups in total. The smallest absolute Gasteiger partial charge is 0.379 e. The molecule has 0 spiro atoms. The number of fused-ring (bicyclic) bond motifs is 1. The Labute approximate surface area is 157 Å². The minimum atomic E-state index is -0.670. The highest BCUT2D eigenvalue weighted by molar-refractivity contribution is 6.14. The van der Waals surface area contributed by atoms with E-state index >= 15 is 0 Å². The highest BCUT2D eigenvalue weighted by Crippen LogP contribution is 2.35. The van der Waals surface area contributed by atoms with Crippen molar-refractivity contribution in [2.45, 2.75) is 0 Å². The van der Waals surface area contributed by atoms with Crippen molar-refractivity contribution >= 4 is 23.5 Å². The molecule has 0 radical (unpaired) electrons. The van der Waals surface area contributed by atoms with E-state index in [9.17, 15) is 19.7 Å². The summed E-state index contributed by atoms with van der Waals surface area (Å²) in [6, 6.07) is 13.2. The van der Waals surface area contributed by atoms with Gasteiger partial charge in [0.25, 0.3) is 5.69 Å². The van der Waals surface area contributed by atoms with Crippen LogP contribution in [0.15, 0.2) is 71.0 Å². The van der Waals surface area contributed by atoms with Gasteiger partial charge in [-0.2, -0.15) is 0 Å². The second kappa shape index (κ2) is 6.84. The Morgan fingerprint density at radius 1 is 1.11 bits per heavy atom. The van der Waals surface area contributed by atoms with Gasteiger partial charge in [-0.3, -0.25) is 14.9 Å². The van der Waals surface area contributed by atoms with Crippen LogP contribution in [0.25, 0.3) is 6.08 Å². The summed E-state index contributed by atoms with van der Waals surface area (Å²) in [6.45, 7) is 0. The normalized spacial score (nSPS) is 13.9. The summed E-state index contributed by atoms with van der Waals surface area (Å²) in [5, 5.41) is 10.7. The van der Waals surface area contributed by atoms with Crippen molar-refractivity contribution in [1.82, 2.24) is 0 Å². The van der Waals surface area contributed by atoms with Crippen LogP contribution in [0.4, 0.5) is 5.69 Å². The first-order valence-corrected chi connectivity index (χ1v) is 8.10. The first kappa shape index (κ1) is 17.2. The monoisotopic (exact) mass is 377 g/mol. The molecule has 3 aromatic rings. The number of nitrogens with zero attached hydrogens (tertiary/aromatic N) is 1. The van der Waals surface area contributed by atoms with E-state index in [2.05, 4.69) is 0 Å². The average molecular weight is 377 g/mol. The molecule has 0 saturated carbocycles. The maximum Gasteiger partial charge on any atom is 0.379 e. The van der Waals surface area contributed by atoms with Crippen LogP contribution in [-0.4, -0.2) is 16.7 Å². The van der Waals surface area contributed by atoms with Crippen LogP contribution in [-0.2, 0) is 0 Å². The lowest BCUT2D eigenvalue weighted by molar-refractivity contribution is -0.384. The predicted octanol–water partition coefficient (Wildman–Crippen LogP) is 4.02. The van der Waals surface area contributed by atoms with Crippen LogP contribution < -0.4 is 9.47 Å². The van der Waals surface area contributed by atoms with Gasteiger partial charge in [-0.15, -0.1) is 0 Å².